The second-order valence-electron chi connectivity index (χ2n) is 2.94. The number of rotatable bonds is 2. The Kier molecular flexibility index (Phi) is 2.80. The molecule has 0 saturated carbocycles. The molecule has 0 aromatic heterocycles. The normalized spacial score (nSPS) is 24.2. The molecule has 1 heterocycles. The van der Waals surface area contributed by atoms with E-state index >= 15 is 0 Å². The number of hydrogen-bond donors (Lipinski definition) is 1. The minimum absolute atomic E-state index is 0.00852. The summed E-state index contributed by atoms with van der Waals surface area (Å²) >= 11 is 0. The Labute approximate surface area is 73.9 Å². The molecule has 76 valence electrons. The van der Waals surface area contributed by atoms with E-state index in [4.69, 9.17) is 0 Å². The number of hydrogen-bond acceptors (Lipinski definition) is 2. The van der Waals surface area contributed by atoms with Crippen LogP contribution in [0.5, 0.6) is 0 Å². The fourth-order valence-electron chi connectivity index (χ4n) is 1.35. The molecule has 3 nitrogen and oxygen atoms in total. The number of alkyl halides is 3. The van der Waals surface area contributed by atoms with Crippen LogP contribution in [0, 0.1) is 0 Å². The molecule has 0 aliphatic carbocycles. The van der Waals surface area contributed by atoms with E-state index in [0.717, 1.165) is 4.90 Å². The fourth-order valence-corrected chi connectivity index (χ4v) is 1.35. The highest BCUT2D eigenvalue weighted by Crippen LogP contribution is 2.20. The van der Waals surface area contributed by atoms with Gasteiger partial charge in [-0.05, 0) is 6.42 Å². The fraction of sp³-hybridized carbons (Fsp3) is 0.857. The summed E-state index contributed by atoms with van der Waals surface area (Å²) in [6.07, 6.45) is -4.29. The molecule has 1 rings (SSSR count). The lowest BCUT2D eigenvalue weighted by Gasteiger charge is -2.24. The highest BCUT2D eigenvalue weighted by Gasteiger charge is 2.38. The van der Waals surface area contributed by atoms with E-state index in [9.17, 15) is 18.0 Å². The molecule has 0 aromatic carbocycles. The molecule has 1 atom stereocenters. The van der Waals surface area contributed by atoms with Gasteiger partial charge in [0.15, 0.2) is 0 Å². The lowest BCUT2D eigenvalue weighted by atomic mass is 10.3. The predicted octanol–water partition coefficient (Wildman–Crippen LogP) is 0.717. The van der Waals surface area contributed by atoms with E-state index in [2.05, 4.69) is 5.32 Å². The van der Waals surface area contributed by atoms with Crippen molar-refractivity contribution in [2.24, 2.45) is 0 Å². The van der Waals surface area contributed by atoms with Gasteiger partial charge in [-0.2, -0.15) is 13.2 Å². The van der Waals surface area contributed by atoms with E-state index in [1.54, 1.807) is 6.92 Å². The highest BCUT2D eigenvalue weighted by atomic mass is 19.4. The van der Waals surface area contributed by atoms with Crippen molar-refractivity contribution in [3.8, 4) is 0 Å². The van der Waals surface area contributed by atoms with E-state index in [-0.39, 0.29) is 6.54 Å². The second kappa shape index (κ2) is 3.53. The van der Waals surface area contributed by atoms with Crippen LogP contribution in [-0.2, 0) is 4.79 Å². The molecule has 1 fully saturated rings. The number of carbonyl (C=O) groups excluding carboxylic acids is 1. The molecule has 1 unspecified atom stereocenters. The molecule has 1 aliphatic heterocycles. The van der Waals surface area contributed by atoms with E-state index in [0.29, 0.717) is 6.42 Å². The van der Waals surface area contributed by atoms with Gasteiger partial charge in [-0.3, -0.25) is 10.1 Å². The third-order valence-corrected chi connectivity index (χ3v) is 1.92. The quantitative estimate of drug-likeness (QED) is 0.705. The zero-order valence-electron chi connectivity index (χ0n) is 7.19. The maximum Gasteiger partial charge on any atom is 0.406 e. The summed E-state index contributed by atoms with van der Waals surface area (Å²) < 4.78 is 35.9. The van der Waals surface area contributed by atoms with Crippen LogP contribution in [-0.4, -0.2) is 36.2 Å². The van der Waals surface area contributed by atoms with Crippen molar-refractivity contribution >= 4 is 5.91 Å². The van der Waals surface area contributed by atoms with E-state index < -0.39 is 24.8 Å². The summed E-state index contributed by atoms with van der Waals surface area (Å²) in [5.41, 5.74) is 0. The Morgan fingerprint density at radius 3 is 2.69 bits per heavy atom. The Hall–Kier alpha value is -0.780. The first kappa shape index (κ1) is 10.3. The average molecular weight is 196 g/mol. The summed E-state index contributed by atoms with van der Waals surface area (Å²) in [4.78, 5) is 11.8. The van der Waals surface area contributed by atoms with Gasteiger partial charge >= 0.3 is 6.18 Å². The molecule has 0 spiro atoms. The zero-order chi connectivity index (χ0) is 10.1. The Morgan fingerprint density at radius 1 is 1.62 bits per heavy atom. The van der Waals surface area contributed by atoms with Crippen LogP contribution in [0.4, 0.5) is 13.2 Å². The van der Waals surface area contributed by atoms with Crippen LogP contribution in [0.1, 0.15) is 13.3 Å². The van der Waals surface area contributed by atoms with Crippen LogP contribution in [0.25, 0.3) is 0 Å². The largest absolute Gasteiger partial charge is 0.406 e. The van der Waals surface area contributed by atoms with E-state index in [1.807, 2.05) is 0 Å². The van der Waals surface area contributed by atoms with Crippen LogP contribution in [0.3, 0.4) is 0 Å². The first-order valence-electron chi connectivity index (χ1n) is 4.03. The molecule has 0 bridgehead atoms. The summed E-state index contributed by atoms with van der Waals surface area (Å²) in [5, 5.41) is 2.71. The van der Waals surface area contributed by atoms with E-state index in [1.165, 1.54) is 0 Å². The van der Waals surface area contributed by atoms with Crippen molar-refractivity contribution in [3.05, 3.63) is 0 Å². The van der Waals surface area contributed by atoms with Crippen molar-refractivity contribution < 1.29 is 18.0 Å². The molecule has 1 aliphatic rings. The Morgan fingerprint density at radius 2 is 2.23 bits per heavy atom. The van der Waals surface area contributed by atoms with Crippen molar-refractivity contribution in [1.29, 1.82) is 0 Å². The van der Waals surface area contributed by atoms with Gasteiger partial charge in [0.25, 0.3) is 0 Å². The molecule has 6 heteroatoms. The van der Waals surface area contributed by atoms with Gasteiger partial charge < -0.3 is 4.90 Å². The number of nitrogens with one attached hydrogen (secondary N) is 1. The third kappa shape index (κ3) is 2.58. The number of nitrogens with zero attached hydrogens (tertiary/aromatic N) is 1. The molecular weight excluding hydrogens is 185 g/mol. The van der Waals surface area contributed by atoms with Crippen LogP contribution < -0.4 is 5.32 Å². The van der Waals surface area contributed by atoms with Gasteiger partial charge in [0.05, 0.1) is 12.7 Å². The molecule has 13 heavy (non-hydrogen) atoms. The van der Waals surface area contributed by atoms with Gasteiger partial charge in [0.1, 0.15) is 6.54 Å². The van der Waals surface area contributed by atoms with Gasteiger partial charge in [-0.15, -0.1) is 0 Å². The summed E-state index contributed by atoms with van der Waals surface area (Å²) in [5.74, 6) is -0.482. The van der Waals surface area contributed by atoms with Crippen LogP contribution >= 0.6 is 0 Å². The molecular formula is C7H11F3N2O. The van der Waals surface area contributed by atoms with Crippen molar-refractivity contribution in [2.75, 3.05) is 13.1 Å². The second-order valence-corrected chi connectivity index (χ2v) is 2.94. The Bertz CT molecular complexity index is 204. The van der Waals surface area contributed by atoms with Gasteiger partial charge in [-0.1, -0.05) is 6.92 Å². The predicted molar refractivity (Wildman–Crippen MR) is 39.8 cm³/mol. The summed E-state index contributed by atoms with van der Waals surface area (Å²) in [6.45, 7) is 0.589. The summed E-state index contributed by atoms with van der Waals surface area (Å²) in [7, 11) is 0. The van der Waals surface area contributed by atoms with Crippen molar-refractivity contribution in [2.45, 2.75) is 25.7 Å². The Balaban J connectivity index is 2.60. The standard InChI is InChI=1S/C7H11F3N2O/c1-2-5-11-3-6(13)12(5)4-7(8,9)10/h5,11H,2-4H2,1H3. The molecule has 1 amide bonds. The zero-order valence-corrected chi connectivity index (χ0v) is 7.19. The lowest BCUT2D eigenvalue weighted by Crippen LogP contribution is -2.42. The smallest absolute Gasteiger partial charge is 0.317 e. The topological polar surface area (TPSA) is 32.3 Å². The lowest BCUT2D eigenvalue weighted by molar-refractivity contribution is -0.160. The summed E-state index contributed by atoms with van der Waals surface area (Å²) in [6, 6.07) is 0. The van der Waals surface area contributed by atoms with Crippen molar-refractivity contribution in [1.82, 2.24) is 10.2 Å². The third-order valence-electron chi connectivity index (χ3n) is 1.92. The molecule has 0 aromatic rings. The maximum atomic E-state index is 12.0. The van der Waals surface area contributed by atoms with Gasteiger partial charge in [0, 0.05) is 0 Å². The molecule has 1 saturated heterocycles. The number of amides is 1. The average Bonchev–Trinajstić information content (AvgIpc) is 2.30. The highest BCUT2D eigenvalue weighted by molar-refractivity contribution is 5.80. The van der Waals surface area contributed by atoms with Gasteiger partial charge in [0.2, 0.25) is 5.91 Å². The minimum atomic E-state index is -4.31. The van der Waals surface area contributed by atoms with Gasteiger partial charge in [-0.25, -0.2) is 0 Å². The first-order chi connectivity index (χ1) is 5.94. The monoisotopic (exact) mass is 196 g/mol. The van der Waals surface area contributed by atoms with Crippen molar-refractivity contribution in [3.63, 3.8) is 0 Å². The molecule has 1 N–H and O–H groups in total. The maximum absolute atomic E-state index is 12.0. The first-order valence-corrected chi connectivity index (χ1v) is 4.03. The van der Waals surface area contributed by atoms with Crippen LogP contribution in [0.2, 0.25) is 0 Å². The minimum Gasteiger partial charge on any atom is -0.317 e. The molecule has 0 radical (unpaired) electrons. The SMILES string of the molecule is CCC1NCC(=O)N1CC(F)(F)F. The number of halogens is 3. The van der Waals surface area contributed by atoms with Crippen LogP contribution in [0.15, 0.2) is 0 Å². The number of carbonyl (C=O) groups is 1.